The molecule has 23 heavy (non-hydrogen) atoms. The highest BCUT2D eigenvalue weighted by molar-refractivity contribution is 7.23. The largest absolute Gasteiger partial charge is 0.419 e. The quantitative estimate of drug-likeness (QED) is 0.579. The average Bonchev–Trinajstić information content (AvgIpc) is 2.82. The van der Waals surface area contributed by atoms with E-state index in [0.29, 0.717) is 5.56 Å². The number of hydrogen-bond donors (Lipinski definition) is 1. The summed E-state index contributed by atoms with van der Waals surface area (Å²) < 4.78 is 52.6. The van der Waals surface area contributed by atoms with E-state index in [9.17, 15) is 17.6 Å². The number of aryl methyl sites for hydroxylation is 1. The van der Waals surface area contributed by atoms with E-state index < -0.39 is 17.6 Å². The summed E-state index contributed by atoms with van der Waals surface area (Å²) in [5.41, 5.74) is 0.212. The van der Waals surface area contributed by atoms with E-state index in [1.54, 1.807) is 11.3 Å². The van der Waals surface area contributed by atoms with E-state index in [4.69, 9.17) is 0 Å². The maximum Gasteiger partial charge on any atom is 0.419 e. The summed E-state index contributed by atoms with van der Waals surface area (Å²) in [6.07, 6.45) is -4.69. The van der Waals surface area contributed by atoms with E-state index in [-0.39, 0.29) is 6.54 Å². The summed E-state index contributed by atoms with van der Waals surface area (Å²) >= 11 is 1.55. The Morgan fingerprint density at radius 1 is 1.09 bits per heavy atom. The summed E-state index contributed by atoms with van der Waals surface area (Å²) in [5, 5.41) is 5.17. The van der Waals surface area contributed by atoms with Gasteiger partial charge in [0.1, 0.15) is 5.82 Å². The van der Waals surface area contributed by atoms with Gasteiger partial charge in [-0.3, -0.25) is 0 Å². The number of rotatable bonds is 3. The summed E-state index contributed by atoms with van der Waals surface area (Å²) in [5.74, 6) is -1.25. The molecule has 0 saturated heterocycles. The Hall–Kier alpha value is -2.08. The molecule has 0 aliphatic carbocycles. The lowest BCUT2D eigenvalue weighted by atomic mass is 10.1. The van der Waals surface area contributed by atoms with Crippen molar-refractivity contribution in [1.82, 2.24) is 0 Å². The number of thiophene rings is 1. The minimum absolute atomic E-state index is 0.205. The van der Waals surface area contributed by atoms with Crippen molar-refractivity contribution in [2.45, 2.75) is 19.6 Å². The van der Waals surface area contributed by atoms with Gasteiger partial charge in [0.15, 0.2) is 0 Å². The van der Waals surface area contributed by atoms with Crippen molar-refractivity contribution < 1.29 is 17.6 Å². The zero-order valence-corrected chi connectivity index (χ0v) is 13.0. The predicted octanol–water partition coefficient (Wildman–Crippen LogP) is 5.98. The fourth-order valence-corrected chi connectivity index (χ4v) is 3.53. The lowest BCUT2D eigenvalue weighted by Crippen LogP contribution is -2.09. The Morgan fingerprint density at radius 3 is 2.52 bits per heavy atom. The topological polar surface area (TPSA) is 12.0 Å². The Kier molecular flexibility index (Phi) is 4.02. The molecule has 0 amide bonds. The number of nitrogens with one attached hydrogen (secondary N) is 1. The molecule has 1 aromatic heterocycles. The average molecular weight is 339 g/mol. The van der Waals surface area contributed by atoms with Crippen LogP contribution in [0, 0.1) is 12.7 Å². The van der Waals surface area contributed by atoms with Gasteiger partial charge in [0, 0.05) is 11.2 Å². The van der Waals surface area contributed by atoms with Gasteiger partial charge in [0.25, 0.3) is 0 Å². The second-order valence-corrected chi connectivity index (χ2v) is 6.27. The SMILES string of the molecule is Cc1c(NCc2ccc(F)c(C(F)(F)F)c2)sc2ccccc12. The highest BCUT2D eigenvalue weighted by Gasteiger charge is 2.34. The first-order valence-electron chi connectivity index (χ1n) is 6.94. The smallest absolute Gasteiger partial charge is 0.373 e. The molecule has 0 radical (unpaired) electrons. The van der Waals surface area contributed by atoms with E-state index in [2.05, 4.69) is 5.32 Å². The Balaban J connectivity index is 1.84. The normalized spacial score (nSPS) is 11.9. The molecule has 0 unspecified atom stereocenters. The highest BCUT2D eigenvalue weighted by atomic mass is 32.1. The number of fused-ring (bicyclic) bond motifs is 1. The molecule has 2 aromatic carbocycles. The van der Waals surface area contributed by atoms with Crippen molar-refractivity contribution in [2.75, 3.05) is 5.32 Å². The first-order valence-corrected chi connectivity index (χ1v) is 7.75. The van der Waals surface area contributed by atoms with Crippen molar-refractivity contribution in [1.29, 1.82) is 0 Å². The molecule has 3 aromatic rings. The maximum atomic E-state index is 13.3. The molecule has 0 spiro atoms. The minimum Gasteiger partial charge on any atom is -0.373 e. The van der Waals surface area contributed by atoms with E-state index in [1.165, 1.54) is 6.07 Å². The van der Waals surface area contributed by atoms with Crippen LogP contribution in [0.1, 0.15) is 16.7 Å². The molecule has 1 nitrogen and oxygen atoms in total. The molecule has 3 rings (SSSR count). The van der Waals surface area contributed by atoms with Gasteiger partial charge in [-0.05, 0) is 41.6 Å². The van der Waals surface area contributed by atoms with Gasteiger partial charge in [-0.1, -0.05) is 24.3 Å². The Labute approximate surface area is 134 Å². The molecule has 1 N–H and O–H groups in total. The molecule has 0 fully saturated rings. The van der Waals surface area contributed by atoms with Crippen LogP contribution in [0.4, 0.5) is 22.6 Å². The third-order valence-electron chi connectivity index (χ3n) is 3.63. The van der Waals surface area contributed by atoms with Gasteiger partial charge in [0.05, 0.1) is 10.6 Å². The Morgan fingerprint density at radius 2 is 1.83 bits per heavy atom. The third kappa shape index (κ3) is 3.17. The number of halogens is 4. The van der Waals surface area contributed by atoms with Crippen LogP contribution in [0.15, 0.2) is 42.5 Å². The molecule has 0 aliphatic rings. The molecule has 0 saturated carbocycles. The van der Waals surface area contributed by atoms with Crippen LogP contribution in [0.25, 0.3) is 10.1 Å². The van der Waals surface area contributed by atoms with Crippen molar-refractivity contribution in [3.63, 3.8) is 0 Å². The monoisotopic (exact) mass is 339 g/mol. The molecule has 120 valence electrons. The molecular weight excluding hydrogens is 326 g/mol. The fraction of sp³-hybridized carbons (Fsp3) is 0.176. The predicted molar refractivity (Wildman–Crippen MR) is 85.3 cm³/mol. The van der Waals surface area contributed by atoms with Gasteiger partial charge in [-0.25, -0.2) is 4.39 Å². The first kappa shape index (κ1) is 15.8. The second kappa shape index (κ2) is 5.85. The van der Waals surface area contributed by atoms with Gasteiger partial charge in [-0.2, -0.15) is 13.2 Å². The summed E-state index contributed by atoms with van der Waals surface area (Å²) in [4.78, 5) is 0. The molecular formula is C17H13F4NS. The number of anilines is 1. The van der Waals surface area contributed by atoms with Crippen LogP contribution >= 0.6 is 11.3 Å². The van der Waals surface area contributed by atoms with Crippen LogP contribution in [0.2, 0.25) is 0 Å². The van der Waals surface area contributed by atoms with Crippen molar-refractivity contribution in [2.24, 2.45) is 0 Å². The van der Waals surface area contributed by atoms with Crippen LogP contribution in [0.3, 0.4) is 0 Å². The summed E-state index contributed by atoms with van der Waals surface area (Å²) in [6, 6.07) is 11.0. The molecule has 0 aliphatic heterocycles. The summed E-state index contributed by atoms with van der Waals surface area (Å²) in [6.45, 7) is 2.17. The summed E-state index contributed by atoms with van der Waals surface area (Å²) in [7, 11) is 0. The Bertz CT molecular complexity index is 851. The lowest BCUT2D eigenvalue weighted by Gasteiger charge is -2.11. The fourth-order valence-electron chi connectivity index (χ4n) is 2.42. The molecule has 0 bridgehead atoms. The van der Waals surface area contributed by atoms with Crippen LogP contribution in [-0.4, -0.2) is 0 Å². The zero-order valence-electron chi connectivity index (χ0n) is 12.2. The van der Waals surface area contributed by atoms with E-state index >= 15 is 0 Å². The highest BCUT2D eigenvalue weighted by Crippen LogP contribution is 2.35. The van der Waals surface area contributed by atoms with Crippen LogP contribution < -0.4 is 5.32 Å². The zero-order chi connectivity index (χ0) is 16.6. The van der Waals surface area contributed by atoms with Gasteiger partial charge in [0.2, 0.25) is 0 Å². The lowest BCUT2D eigenvalue weighted by molar-refractivity contribution is -0.140. The minimum atomic E-state index is -4.69. The van der Waals surface area contributed by atoms with E-state index in [0.717, 1.165) is 32.8 Å². The van der Waals surface area contributed by atoms with Crippen LogP contribution in [-0.2, 0) is 12.7 Å². The third-order valence-corrected chi connectivity index (χ3v) is 4.86. The maximum absolute atomic E-state index is 13.3. The second-order valence-electron chi connectivity index (χ2n) is 5.22. The van der Waals surface area contributed by atoms with Gasteiger partial charge in [-0.15, -0.1) is 11.3 Å². The number of hydrogen-bond acceptors (Lipinski definition) is 2. The number of alkyl halides is 3. The number of benzene rings is 2. The molecule has 0 atom stereocenters. The first-order chi connectivity index (χ1) is 10.9. The van der Waals surface area contributed by atoms with Crippen molar-refractivity contribution in [3.8, 4) is 0 Å². The molecule has 6 heteroatoms. The van der Waals surface area contributed by atoms with Crippen LogP contribution in [0.5, 0.6) is 0 Å². The molecule has 1 heterocycles. The van der Waals surface area contributed by atoms with Crippen molar-refractivity contribution >= 4 is 26.4 Å². The van der Waals surface area contributed by atoms with E-state index in [1.807, 2.05) is 31.2 Å². The van der Waals surface area contributed by atoms with Gasteiger partial charge >= 0.3 is 6.18 Å². The standard InChI is InChI=1S/C17H13F4NS/c1-10-12-4-2-3-5-15(12)23-16(10)22-9-11-6-7-14(18)13(8-11)17(19,20)21/h2-8,22H,9H2,1H3. The van der Waals surface area contributed by atoms with Gasteiger partial charge < -0.3 is 5.32 Å². The van der Waals surface area contributed by atoms with Crippen molar-refractivity contribution in [3.05, 3.63) is 65.0 Å².